The minimum atomic E-state index is -3.50. The maximum absolute atomic E-state index is 12.5. The maximum atomic E-state index is 12.5. The predicted molar refractivity (Wildman–Crippen MR) is 114 cm³/mol. The summed E-state index contributed by atoms with van der Waals surface area (Å²) in [6.07, 6.45) is 1.84. The van der Waals surface area contributed by atoms with Gasteiger partial charge in [0.2, 0.25) is 10.0 Å². The molecule has 0 spiro atoms. The summed E-state index contributed by atoms with van der Waals surface area (Å²) >= 11 is 0. The molecule has 2 aromatic rings. The molecule has 0 amide bonds. The van der Waals surface area contributed by atoms with Gasteiger partial charge < -0.3 is 9.47 Å². The topological polar surface area (TPSA) is 67.9 Å². The van der Waals surface area contributed by atoms with E-state index in [1.54, 1.807) is 25.3 Å². The van der Waals surface area contributed by atoms with Gasteiger partial charge in [-0.05, 0) is 55.6 Å². The zero-order valence-electron chi connectivity index (χ0n) is 17.1. The third-order valence-electron chi connectivity index (χ3n) is 5.19. The van der Waals surface area contributed by atoms with Crippen LogP contribution in [0.5, 0.6) is 5.75 Å². The fourth-order valence-electron chi connectivity index (χ4n) is 3.54. The van der Waals surface area contributed by atoms with E-state index >= 15 is 0 Å². The monoisotopic (exact) mass is 418 g/mol. The fourth-order valence-corrected chi connectivity index (χ4v) is 4.70. The van der Waals surface area contributed by atoms with Crippen LogP contribution in [0.15, 0.2) is 53.4 Å². The molecule has 1 aliphatic heterocycles. The molecular weight excluding hydrogens is 388 g/mol. The number of rotatable bonds is 9. The van der Waals surface area contributed by atoms with E-state index in [9.17, 15) is 8.42 Å². The van der Waals surface area contributed by atoms with Crippen molar-refractivity contribution in [2.75, 3.05) is 39.9 Å². The molecule has 6 nitrogen and oxygen atoms in total. The second-order valence-electron chi connectivity index (χ2n) is 7.31. The molecule has 1 fully saturated rings. The summed E-state index contributed by atoms with van der Waals surface area (Å²) in [6.45, 7) is 5.73. The van der Waals surface area contributed by atoms with Gasteiger partial charge in [-0.3, -0.25) is 4.90 Å². The van der Waals surface area contributed by atoms with E-state index in [1.807, 2.05) is 25.1 Å². The Morgan fingerprint density at radius 1 is 1.17 bits per heavy atom. The Kier molecular flexibility index (Phi) is 7.66. The summed E-state index contributed by atoms with van der Waals surface area (Å²) in [6, 6.07) is 15.2. The largest absolute Gasteiger partial charge is 0.496 e. The molecule has 7 heteroatoms. The van der Waals surface area contributed by atoms with Crippen molar-refractivity contribution in [1.82, 2.24) is 9.62 Å². The average molecular weight is 419 g/mol. The minimum Gasteiger partial charge on any atom is -0.496 e. The highest BCUT2D eigenvalue weighted by Crippen LogP contribution is 2.22. The lowest BCUT2D eigenvalue weighted by atomic mass is 10.1. The van der Waals surface area contributed by atoms with Crippen LogP contribution in [0.4, 0.5) is 0 Å². The van der Waals surface area contributed by atoms with Gasteiger partial charge >= 0.3 is 0 Å². The standard InChI is InChI=1S/C22H30N2O4S/c1-18-16-20(10-11-21(18)27-2)29(25,26)23-12-6-7-13-24-14-15-28-22(17-24)19-8-4-3-5-9-19/h3-5,8-11,16,22-23H,6-7,12-15,17H2,1-2H3. The highest BCUT2D eigenvalue weighted by Gasteiger charge is 2.21. The normalized spacial score (nSPS) is 17.9. The SMILES string of the molecule is COc1ccc(S(=O)(=O)NCCCCN2CCOC(c3ccccc3)C2)cc1C. The summed E-state index contributed by atoms with van der Waals surface area (Å²) in [5, 5.41) is 0. The van der Waals surface area contributed by atoms with Gasteiger partial charge in [0.1, 0.15) is 5.75 Å². The van der Waals surface area contributed by atoms with Crippen molar-refractivity contribution in [2.24, 2.45) is 0 Å². The third-order valence-corrected chi connectivity index (χ3v) is 6.65. The van der Waals surface area contributed by atoms with Crippen LogP contribution in [0.2, 0.25) is 0 Å². The van der Waals surface area contributed by atoms with Crippen molar-refractivity contribution in [3.05, 3.63) is 59.7 Å². The van der Waals surface area contributed by atoms with E-state index in [4.69, 9.17) is 9.47 Å². The van der Waals surface area contributed by atoms with Crippen molar-refractivity contribution in [1.29, 1.82) is 0 Å². The van der Waals surface area contributed by atoms with Crippen LogP contribution in [0.3, 0.4) is 0 Å². The number of nitrogens with zero attached hydrogens (tertiary/aromatic N) is 1. The first-order valence-electron chi connectivity index (χ1n) is 10.0. The molecule has 1 N–H and O–H groups in total. The van der Waals surface area contributed by atoms with Gasteiger partial charge in [-0.1, -0.05) is 30.3 Å². The molecule has 1 unspecified atom stereocenters. The zero-order chi connectivity index (χ0) is 20.7. The molecule has 2 aromatic carbocycles. The fraction of sp³-hybridized carbons (Fsp3) is 0.455. The minimum absolute atomic E-state index is 0.113. The Hall–Kier alpha value is -1.93. The molecule has 1 aliphatic rings. The summed E-state index contributed by atoms with van der Waals surface area (Å²) in [4.78, 5) is 2.66. The molecule has 0 bridgehead atoms. The van der Waals surface area contributed by atoms with Crippen LogP contribution in [-0.4, -0.2) is 53.2 Å². The van der Waals surface area contributed by atoms with E-state index in [0.29, 0.717) is 12.3 Å². The molecule has 0 radical (unpaired) electrons. The third kappa shape index (κ3) is 6.02. The molecule has 3 rings (SSSR count). The van der Waals surface area contributed by atoms with Crippen LogP contribution in [-0.2, 0) is 14.8 Å². The molecule has 1 atom stereocenters. The number of methoxy groups -OCH3 is 1. The first kappa shape index (κ1) is 21.8. The van der Waals surface area contributed by atoms with Crippen LogP contribution in [0, 0.1) is 6.92 Å². The predicted octanol–water partition coefficient (Wildman–Crippen LogP) is 3.14. The maximum Gasteiger partial charge on any atom is 0.240 e. The summed E-state index contributed by atoms with van der Waals surface area (Å²) < 4.78 is 38.7. The highest BCUT2D eigenvalue weighted by molar-refractivity contribution is 7.89. The number of benzene rings is 2. The first-order valence-corrected chi connectivity index (χ1v) is 11.5. The Morgan fingerprint density at radius 2 is 1.97 bits per heavy atom. The van der Waals surface area contributed by atoms with Crippen molar-refractivity contribution in [3.63, 3.8) is 0 Å². The first-order chi connectivity index (χ1) is 14.0. The smallest absolute Gasteiger partial charge is 0.240 e. The van der Waals surface area contributed by atoms with Gasteiger partial charge in [-0.2, -0.15) is 0 Å². The van der Waals surface area contributed by atoms with Crippen LogP contribution in [0.1, 0.15) is 30.1 Å². The van der Waals surface area contributed by atoms with E-state index in [0.717, 1.165) is 44.6 Å². The molecule has 158 valence electrons. The molecular formula is C22H30N2O4S. The van der Waals surface area contributed by atoms with Gasteiger partial charge in [0, 0.05) is 19.6 Å². The van der Waals surface area contributed by atoms with Crippen LogP contribution in [0.25, 0.3) is 0 Å². The summed E-state index contributed by atoms with van der Waals surface area (Å²) in [7, 11) is -1.92. The number of hydrogen-bond donors (Lipinski definition) is 1. The summed E-state index contributed by atoms with van der Waals surface area (Å²) in [5.74, 6) is 0.684. The molecule has 0 saturated carbocycles. The van der Waals surface area contributed by atoms with Gasteiger partial charge in [-0.25, -0.2) is 13.1 Å². The number of aryl methyl sites for hydroxylation is 1. The number of ether oxygens (including phenoxy) is 2. The lowest BCUT2D eigenvalue weighted by Crippen LogP contribution is -2.39. The molecule has 29 heavy (non-hydrogen) atoms. The lowest BCUT2D eigenvalue weighted by molar-refractivity contribution is -0.0303. The lowest BCUT2D eigenvalue weighted by Gasteiger charge is -2.33. The van der Waals surface area contributed by atoms with Crippen LogP contribution >= 0.6 is 0 Å². The number of sulfonamides is 1. The van der Waals surface area contributed by atoms with Gasteiger partial charge in [0.05, 0.1) is 24.7 Å². The van der Waals surface area contributed by atoms with Gasteiger partial charge in [0.25, 0.3) is 0 Å². The number of unbranched alkanes of at least 4 members (excludes halogenated alkanes) is 1. The molecule has 0 aromatic heterocycles. The van der Waals surface area contributed by atoms with Crippen molar-refractivity contribution in [3.8, 4) is 5.75 Å². The average Bonchev–Trinajstić information content (AvgIpc) is 2.74. The number of hydrogen-bond acceptors (Lipinski definition) is 5. The zero-order valence-corrected chi connectivity index (χ0v) is 18.0. The van der Waals surface area contributed by atoms with Crippen LogP contribution < -0.4 is 9.46 Å². The summed E-state index contributed by atoms with van der Waals surface area (Å²) in [5.41, 5.74) is 2.01. The number of morpholine rings is 1. The van der Waals surface area contributed by atoms with Crippen molar-refractivity contribution >= 4 is 10.0 Å². The van der Waals surface area contributed by atoms with Gasteiger partial charge in [-0.15, -0.1) is 0 Å². The Balaban J connectivity index is 1.42. The molecule has 1 heterocycles. The second-order valence-corrected chi connectivity index (χ2v) is 9.07. The highest BCUT2D eigenvalue weighted by atomic mass is 32.2. The Bertz CT molecular complexity index is 887. The van der Waals surface area contributed by atoms with E-state index < -0.39 is 10.0 Å². The van der Waals surface area contributed by atoms with E-state index in [1.165, 1.54) is 5.56 Å². The van der Waals surface area contributed by atoms with Crippen molar-refractivity contribution in [2.45, 2.75) is 30.8 Å². The quantitative estimate of drug-likeness (QED) is 0.634. The number of nitrogens with one attached hydrogen (secondary N) is 1. The Morgan fingerprint density at radius 3 is 2.69 bits per heavy atom. The van der Waals surface area contributed by atoms with E-state index in [2.05, 4.69) is 21.8 Å². The van der Waals surface area contributed by atoms with E-state index in [-0.39, 0.29) is 11.0 Å². The molecule has 0 aliphatic carbocycles. The van der Waals surface area contributed by atoms with Crippen molar-refractivity contribution < 1.29 is 17.9 Å². The van der Waals surface area contributed by atoms with Gasteiger partial charge in [0.15, 0.2) is 0 Å². The second kappa shape index (κ2) is 10.2. The Labute approximate surface area is 173 Å². The molecule has 1 saturated heterocycles.